The molecule has 0 saturated heterocycles. The number of carbonyl (C=O) groups excluding carboxylic acids is 2. The monoisotopic (exact) mass is 474 g/mol. The SMILES string of the molecule is CCN(c1ccc(NC(=O)CNC(=O)c2cccc(S(=O)(=O)N(CC)CC)c2)cc1)C(C)C. The minimum atomic E-state index is -3.68. The first-order chi connectivity index (χ1) is 15.6. The van der Waals surface area contributed by atoms with Crippen LogP contribution in [-0.4, -0.2) is 56.8 Å². The van der Waals surface area contributed by atoms with E-state index in [4.69, 9.17) is 0 Å². The van der Waals surface area contributed by atoms with Crippen molar-refractivity contribution in [2.24, 2.45) is 0 Å². The largest absolute Gasteiger partial charge is 0.369 e. The molecule has 2 rings (SSSR count). The van der Waals surface area contributed by atoms with Crippen molar-refractivity contribution < 1.29 is 18.0 Å². The molecule has 33 heavy (non-hydrogen) atoms. The van der Waals surface area contributed by atoms with Crippen LogP contribution in [0.4, 0.5) is 11.4 Å². The number of nitrogens with zero attached hydrogens (tertiary/aromatic N) is 2. The Morgan fingerprint density at radius 1 is 0.939 bits per heavy atom. The summed E-state index contributed by atoms with van der Waals surface area (Å²) < 4.78 is 26.7. The lowest BCUT2D eigenvalue weighted by molar-refractivity contribution is -0.115. The third-order valence-electron chi connectivity index (χ3n) is 5.30. The van der Waals surface area contributed by atoms with Crippen LogP contribution in [0.3, 0.4) is 0 Å². The van der Waals surface area contributed by atoms with Gasteiger partial charge < -0.3 is 15.5 Å². The van der Waals surface area contributed by atoms with E-state index in [-0.39, 0.29) is 22.9 Å². The van der Waals surface area contributed by atoms with Gasteiger partial charge in [-0.1, -0.05) is 19.9 Å². The predicted molar refractivity (Wildman–Crippen MR) is 132 cm³/mol. The molecule has 0 saturated carbocycles. The van der Waals surface area contributed by atoms with E-state index in [2.05, 4.69) is 36.3 Å². The summed E-state index contributed by atoms with van der Waals surface area (Å²) in [5.41, 5.74) is 1.87. The summed E-state index contributed by atoms with van der Waals surface area (Å²) >= 11 is 0. The lowest BCUT2D eigenvalue weighted by Crippen LogP contribution is -2.33. The Kier molecular flexibility index (Phi) is 9.43. The molecule has 180 valence electrons. The van der Waals surface area contributed by atoms with Gasteiger partial charge in [0.2, 0.25) is 15.9 Å². The second-order valence-electron chi connectivity index (χ2n) is 7.77. The minimum absolute atomic E-state index is 0.0471. The lowest BCUT2D eigenvalue weighted by Gasteiger charge is -2.27. The van der Waals surface area contributed by atoms with Gasteiger partial charge in [-0.05, 0) is 63.2 Å². The minimum Gasteiger partial charge on any atom is -0.369 e. The summed E-state index contributed by atoms with van der Waals surface area (Å²) in [6.45, 7) is 11.2. The molecule has 0 aliphatic carbocycles. The number of anilines is 2. The Balaban J connectivity index is 1.99. The molecule has 8 nitrogen and oxygen atoms in total. The molecule has 0 aromatic heterocycles. The van der Waals surface area contributed by atoms with Crippen molar-refractivity contribution in [1.29, 1.82) is 0 Å². The fraction of sp³-hybridized carbons (Fsp3) is 0.417. The van der Waals surface area contributed by atoms with Crippen molar-refractivity contribution >= 4 is 33.2 Å². The maximum Gasteiger partial charge on any atom is 0.251 e. The first-order valence-electron chi connectivity index (χ1n) is 11.2. The van der Waals surface area contributed by atoms with Crippen molar-refractivity contribution in [1.82, 2.24) is 9.62 Å². The zero-order valence-corrected chi connectivity index (χ0v) is 20.8. The summed E-state index contributed by atoms with van der Waals surface area (Å²) in [4.78, 5) is 27.1. The van der Waals surface area contributed by atoms with E-state index in [1.165, 1.54) is 28.6 Å². The summed E-state index contributed by atoms with van der Waals surface area (Å²) in [5, 5.41) is 5.29. The van der Waals surface area contributed by atoms with Crippen molar-refractivity contribution in [3.05, 3.63) is 54.1 Å². The first-order valence-corrected chi connectivity index (χ1v) is 12.6. The molecule has 0 bridgehead atoms. The van der Waals surface area contributed by atoms with Gasteiger partial charge in [0.1, 0.15) is 0 Å². The second-order valence-corrected chi connectivity index (χ2v) is 9.71. The standard InChI is InChI=1S/C24H34N4O4S/c1-6-27(7-2)33(31,32)22-11-9-10-19(16-22)24(30)25-17-23(29)26-20-12-14-21(15-13-20)28(8-3)18(4)5/h9-16,18H,6-8,17H2,1-5H3,(H,25,30)(H,26,29). The van der Waals surface area contributed by atoms with Gasteiger partial charge in [-0.15, -0.1) is 0 Å². The van der Waals surface area contributed by atoms with Crippen LogP contribution in [0.1, 0.15) is 45.0 Å². The number of nitrogens with one attached hydrogen (secondary N) is 2. The molecule has 2 N–H and O–H groups in total. The molecule has 0 aliphatic heterocycles. The number of sulfonamides is 1. The maximum absolute atomic E-state index is 12.7. The molecule has 0 unspecified atom stereocenters. The van der Waals surface area contributed by atoms with Crippen molar-refractivity contribution in [2.45, 2.75) is 45.6 Å². The molecule has 0 radical (unpaired) electrons. The van der Waals surface area contributed by atoms with Gasteiger partial charge in [-0.2, -0.15) is 4.31 Å². The van der Waals surface area contributed by atoms with Gasteiger partial charge in [0, 0.05) is 42.6 Å². The highest BCUT2D eigenvalue weighted by atomic mass is 32.2. The molecule has 0 atom stereocenters. The average molecular weight is 475 g/mol. The third kappa shape index (κ3) is 6.79. The van der Waals surface area contributed by atoms with E-state index in [0.717, 1.165) is 12.2 Å². The molecule has 9 heteroatoms. The molecule has 0 aliphatic rings. The second kappa shape index (κ2) is 11.8. The van der Waals surface area contributed by atoms with E-state index >= 15 is 0 Å². The van der Waals surface area contributed by atoms with E-state index in [0.29, 0.717) is 24.8 Å². The number of rotatable bonds is 11. The van der Waals surface area contributed by atoms with Crippen molar-refractivity contribution in [2.75, 3.05) is 36.4 Å². The number of benzene rings is 2. The first kappa shape index (κ1) is 26.3. The molecular weight excluding hydrogens is 440 g/mol. The molecule has 2 aromatic rings. The van der Waals surface area contributed by atoms with Crippen LogP contribution in [-0.2, 0) is 14.8 Å². The predicted octanol–water partition coefficient (Wildman–Crippen LogP) is 3.32. The fourth-order valence-corrected chi connectivity index (χ4v) is 5.06. The number of amides is 2. The van der Waals surface area contributed by atoms with E-state index < -0.39 is 15.9 Å². The zero-order chi connectivity index (χ0) is 24.6. The molecule has 0 fully saturated rings. The van der Waals surface area contributed by atoms with E-state index in [1.807, 2.05) is 24.3 Å². The number of hydrogen-bond acceptors (Lipinski definition) is 5. The smallest absolute Gasteiger partial charge is 0.251 e. The van der Waals surface area contributed by atoms with Crippen LogP contribution in [0.2, 0.25) is 0 Å². The fourth-order valence-electron chi connectivity index (χ4n) is 3.56. The quantitative estimate of drug-likeness (QED) is 0.521. The highest BCUT2D eigenvalue weighted by Crippen LogP contribution is 2.20. The Labute approximate surface area is 197 Å². The Morgan fingerprint density at radius 2 is 1.58 bits per heavy atom. The molecule has 2 aromatic carbocycles. The zero-order valence-electron chi connectivity index (χ0n) is 20.0. The normalized spacial score (nSPS) is 11.5. The molecule has 0 spiro atoms. The van der Waals surface area contributed by atoms with Crippen LogP contribution >= 0.6 is 0 Å². The van der Waals surface area contributed by atoms with Gasteiger partial charge in [0.25, 0.3) is 5.91 Å². The van der Waals surface area contributed by atoms with Gasteiger partial charge in [-0.3, -0.25) is 9.59 Å². The van der Waals surface area contributed by atoms with Gasteiger partial charge >= 0.3 is 0 Å². The highest BCUT2D eigenvalue weighted by molar-refractivity contribution is 7.89. The summed E-state index contributed by atoms with van der Waals surface area (Å²) in [5.74, 6) is -0.896. The lowest BCUT2D eigenvalue weighted by atomic mass is 10.2. The highest BCUT2D eigenvalue weighted by Gasteiger charge is 2.22. The number of carbonyl (C=O) groups is 2. The third-order valence-corrected chi connectivity index (χ3v) is 7.34. The van der Waals surface area contributed by atoms with Crippen LogP contribution < -0.4 is 15.5 Å². The summed E-state index contributed by atoms with van der Waals surface area (Å²) in [6.07, 6.45) is 0. The summed E-state index contributed by atoms with van der Waals surface area (Å²) in [6, 6.07) is 13.7. The van der Waals surface area contributed by atoms with Gasteiger partial charge in [0.15, 0.2) is 0 Å². The average Bonchev–Trinajstić information content (AvgIpc) is 2.79. The van der Waals surface area contributed by atoms with Crippen LogP contribution in [0.5, 0.6) is 0 Å². The van der Waals surface area contributed by atoms with Crippen LogP contribution in [0.15, 0.2) is 53.4 Å². The molecule has 0 heterocycles. The number of hydrogen-bond donors (Lipinski definition) is 2. The molecule has 2 amide bonds. The topological polar surface area (TPSA) is 98.8 Å². The Hall–Kier alpha value is -2.91. The van der Waals surface area contributed by atoms with Gasteiger partial charge in [0.05, 0.1) is 11.4 Å². The Morgan fingerprint density at radius 3 is 2.12 bits per heavy atom. The Bertz CT molecular complexity index is 1050. The summed E-state index contributed by atoms with van der Waals surface area (Å²) in [7, 11) is -3.68. The van der Waals surface area contributed by atoms with Crippen LogP contribution in [0, 0.1) is 0 Å². The van der Waals surface area contributed by atoms with Crippen molar-refractivity contribution in [3.63, 3.8) is 0 Å². The van der Waals surface area contributed by atoms with Crippen LogP contribution in [0.25, 0.3) is 0 Å². The van der Waals surface area contributed by atoms with Gasteiger partial charge in [-0.25, -0.2) is 8.42 Å². The van der Waals surface area contributed by atoms with Crippen molar-refractivity contribution in [3.8, 4) is 0 Å². The molecular formula is C24H34N4O4S. The van der Waals surface area contributed by atoms with E-state index in [1.54, 1.807) is 13.8 Å². The maximum atomic E-state index is 12.7. The van der Waals surface area contributed by atoms with E-state index in [9.17, 15) is 18.0 Å².